The van der Waals surface area contributed by atoms with Gasteiger partial charge in [0.1, 0.15) is 0 Å². The van der Waals surface area contributed by atoms with E-state index in [1.807, 2.05) is 0 Å². The first-order valence-corrected chi connectivity index (χ1v) is 6.42. The predicted molar refractivity (Wildman–Crippen MR) is 59.5 cm³/mol. The summed E-state index contributed by atoms with van der Waals surface area (Å²) in [5.74, 6) is -0.0690. The molecule has 0 saturated carbocycles. The van der Waals surface area contributed by atoms with Crippen LogP contribution in [0.4, 0.5) is 5.95 Å². The van der Waals surface area contributed by atoms with E-state index in [-0.39, 0.29) is 29.8 Å². The number of hydrogen-bond acceptors (Lipinski definition) is 5. The molecular formula is C7H10N5O4P. The van der Waals surface area contributed by atoms with Crippen LogP contribution >= 0.6 is 7.60 Å². The summed E-state index contributed by atoms with van der Waals surface area (Å²) in [6.45, 7) is 0.0106. The zero-order chi connectivity index (χ0) is 12.6. The number of hydrogen-bond donors (Lipinski definition) is 4. The van der Waals surface area contributed by atoms with Crippen molar-refractivity contribution in [1.82, 2.24) is 19.5 Å². The van der Waals surface area contributed by atoms with Gasteiger partial charge in [-0.3, -0.25) is 14.3 Å². The topological polar surface area (TPSA) is 147 Å². The molecule has 9 nitrogen and oxygen atoms in total. The summed E-state index contributed by atoms with van der Waals surface area (Å²) in [6.07, 6.45) is 0.939. The van der Waals surface area contributed by atoms with Crippen LogP contribution in [0.5, 0.6) is 0 Å². The molecule has 2 aromatic heterocycles. The van der Waals surface area contributed by atoms with Crippen molar-refractivity contribution in [3.63, 3.8) is 0 Å². The van der Waals surface area contributed by atoms with Crippen molar-refractivity contribution in [3.8, 4) is 0 Å². The van der Waals surface area contributed by atoms with Crippen molar-refractivity contribution in [3.05, 3.63) is 16.7 Å². The quantitative estimate of drug-likeness (QED) is 0.510. The summed E-state index contributed by atoms with van der Waals surface area (Å²) in [4.78, 5) is 38.9. The molecule has 2 heterocycles. The van der Waals surface area contributed by atoms with Gasteiger partial charge < -0.3 is 20.1 Å². The number of imidazole rings is 1. The Morgan fingerprint density at radius 1 is 1.53 bits per heavy atom. The molecule has 0 aliphatic rings. The van der Waals surface area contributed by atoms with E-state index in [1.165, 1.54) is 10.9 Å². The minimum absolute atomic E-state index is 0.0106. The lowest BCUT2D eigenvalue weighted by Gasteiger charge is -2.05. The lowest BCUT2D eigenvalue weighted by Crippen LogP contribution is -2.12. The van der Waals surface area contributed by atoms with E-state index in [1.54, 1.807) is 0 Å². The number of nitrogens with one attached hydrogen (secondary N) is 1. The van der Waals surface area contributed by atoms with E-state index in [0.717, 1.165) is 0 Å². The smallest absolute Gasteiger partial charge is 0.327 e. The van der Waals surface area contributed by atoms with Gasteiger partial charge in [0.25, 0.3) is 5.56 Å². The Balaban J connectivity index is 2.43. The molecule has 2 aromatic rings. The molecule has 0 bridgehead atoms. The van der Waals surface area contributed by atoms with E-state index in [2.05, 4.69) is 15.0 Å². The Labute approximate surface area is 94.5 Å². The minimum Gasteiger partial charge on any atom is -0.369 e. The Hall–Kier alpha value is -1.70. The lowest BCUT2D eigenvalue weighted by atomic mass is 10.5. The van der Waals surface area contributed by atoms with Gasteiger partial charge in [-0.2, -0.15) is 4.98 Å². The summed E-state index contributed by atoms with van der Waals surface area (Å²) < 4.78 is 12.1. The average Bonchev–Trinajstić information content (AvgIpc) is 2.57. The number of nitrogens with two attached hydrogens (primary N) is 1. The Bertz CT molecular complexity index is 656. The monoisotopic (exact) mass is 259 g/mol. The van der Waals surface area contributed by atoms with Gasteiger partial charge in [0.2, 0.25) is 5.95 Å². The number of rotatable bonds is 3. The Morgan fingerprint density at radius 2 is 2.24 bits per heavy atom. The average molecular weight is 259 g/mol. The number of aryl methyl sites for hydroxylation is 1. The molecule has 0 aliphatic carbocycles. The molecule has 5 N–H and O–H groups in total. The van der Waals surface area contributed by atoms with Crippen molar-refractivity contribution in [1.29, 1.82) is 0 Å². The van der Waals surface area contributed by atoms with Crippen LogP contribution in [0.25, 0.3) is 11.2 Å². The fourth-order valence-corrected chi connectivity index (χ4v) is 1.85. The van der Waals surface area contributed by atoms with Gasteiger partial charge in [0, 0.05) is 6.54 Å². The highest BCUT2D eigenvalue weighted by molar-refractivity contribution is 7.51. The number of anilines is 1. The first kappa shape index (κ1) is 11.8. The third kappa shape index (κ3) is 2.52. The van der Waals surface area contributed by atoms with Gasteiger partial charge in [-0.1, -0.05) is 0 Å². The number of fused-ring (bicyclic) bond motifs is 1. The summed E-state index contributed by atoms with van der Waals surface area (Å²) in [7, 11) is -4.10. The fourth-order valence-electron chi connectivity index (χ4n) is 1.37. The van der Waals surface area contributed by atoms with Crippen LogP contribution < -0.4 is 11.3 Å². The van der Waals surface area contributed by atoms with Gasteiger partial charge in [0.15, 0.2) is 11.2 Å². The van der Waals surface area contributed by atoms with Crippen LogP contribution in [-0.2, 0) is 11.1 Å². The molecule has 0 atom stereocenters. The van der Waals surface area contributed by atoms with Gasteiger partial charge in [0.05, 0.1) is 12.5 Å². The van der Waals surface area contributed by atoms with Gasteiger partial charge in [-0.25, -0.2) is 4.98 Å². The first-order valence-electron chi connectivity index (χ1n) is 4.62. The van der Waals surface area contributed by atoms with E-state index >= 15 is 0 Å². The largest absolute Gasteiger partial charge is 0.369 e. The highest BCUT2D eigenvalue weighted by atomic mass is 31.2. The molecule has 10 heteroatoms. The zero-order valence-electron chi connectivity index (χ0n) is 8.57. The number of nitrogen functional groups attached to an aromatic ring is 1. The number of aromatic amines is 1. The molecule has 0 fully saturated rings. The van der Waals surface area contributed by atoms with Crippen LogP contribution in [0.2, 0.25) is 0 Å². The molecule has 92 valence electrons. The number of H-pyrrole nitrogens is 1. The summed E-state index contributed by atoms with van der Waals surface area (Å²) in [5.41, 5.74) is 5.19. The Morgan fingerprint density at radius 3 is 2.88 bits per heavy atom. The molecule has 0 amide bonds. The second-order valence-corrected chi connectivity index (χ2v) is 5.23. The van der Waals surface area contributed by atoms with Crippen molar-refractivity contribution < 1.29 is 14.4 Å². The van der Waals surface area contributed by atoms with Crippen LogP contribution in [-0.4, -0.2) is 35.5 Å². The number of aromatic nitrogens is 4. The van der Waals surface area contributed by atoms with Crippen LogP contribution in [0.3, 0.4) is 0 Å². The van der Waals surface area contributed by atoms with Crippen LogP contribution in [0.1, 0.15) is 0 Å². The maximum atomic E-state index is 11.4. The molecular weight excluding hydrogens is 249 g/mol. The van der Waals surface area contributed by atoms with Crippen molar-refractivity contribution in [2.45, 2.75) is 6.54 Å². The highest BCUT2D eigenvalue weighted by Gasteiger charge is 2.15. The molecule has 0 aromatic carbocycles. The maximum Gasteiger partial charge on any atom is 0.327 e. The molecule has 0 aliphatic heterocycles. The van der Waals surface area contributed by atoms with Crippen molar-refractivity contribution >= 4 is 24.7 Å². The Kier molecular flexibility index (Phi) is 2.74. The summed E-state index contributed by atoms with van der Waals surface area (Å²) >= 11 is 0. The van der Waals surface area contributed by atoms with E-state index in [4.69, 9.17) is 15.5 Å². The fraction of sp³-hybridized carbons (Fsp3) is 0.286. The maximum absolute atomic E-state index is 11.4. The SMILES string of the molecule is Nc1nc2c(ncn2CCP(=O)(O)O)c(=O)[nH]1. The highest BCUT2D eigenvalue weighted by Crippen LogP contribution is 2.34. The van der Waals surface area contributed by atoms with Crippen molar-refractivity contribution in [2.24, 2.45) is 0 Å². The van der Waals surface area contributed by atoms with E-state index in [9.17, 15) is 9.36 Å². The van der Waals surface area contributed by atoms with Gasteiger partial charge >= 0.3 is 7.60 Å². The number of nitrogens with zero attached hydrogens (tertiary/aromatic N) is 3. The normalized spacial score (nSPS) is 12.1. The van der Waals surface area contributed by atoms with Gasteiger partial charge in [-0.05, 0) is 0 Å². The molecule has 0 unspecified atom stereocenters. The summed E-state index contributed by atoms with van der Waals surface area (Å²) in [5, 5.41) is 0. The van der Waals surface area contributed by atoms with Crippen LogP contribution in [0, 0.1) is 0 Å². The molecule has 0 spiro atoms. The first-order chi connectivity index (χ1) is 7.87. The van der Waals surface area contributed by atoms with Gasteiger partial charge in [-0.15, -0.1) is 0 Å². The lowest BCUT2D eigenvalue weighted by molar-refractivity contribution is 0.370. The van der Waals surface area contributed by atoms with E-state index < -0.39 is 13.2 Å². The second kappa shape index (κ2) is 3.95. The van der Waals surface area contributed by atoms with E-state index in [0.29, 0.717) is 0 Å². The zero-order valence-corrected chi connectivity index (χ0v) is 9.46. The third-order valence-corrected chi connectivity index (χ3v) is 2.91. The molecule has 2 rings (SSSR count). The summed E-state index contributed by atoms with van der Waals surface area (Å²) in [6, 6.07) is 0. The second-order valence-electron chi connectivity index (χ2n) is 3.45. The standard InChI is InChI=1S/C7H10N5O4P/c8-7-10-5-4(6(13)11-7)9-3-12(5)1-2-17(14,15)16/h3H,1-2H2,(H2,14,15,16)(H3,8,10,11,13). The molecule has 0 radical (unpaired) electrons. The minimum atomic E-state index is -4.10. The predicted octanol–water partition coefficient (Wildman–Crippen LogP) is -1.12. The molecule has 17 heavy (non-hydrogen) atoms. The van der Waals surface area contributed by atoms with Crippen molar-refractivity contribution in [2.75, 3.05) is 11.9 Å². The molecule has 0 saturated heterocycles. The third-order valence-electron chi connectivity index (χ3n) is 2.13. The van der Waals surface area contributed by atoms with Crippen LogP contribution in [0.15, 0.2) is 11.1 Å².